The number of aliphatic hydroxyl groups excluding tert-OH is 1. The lowest BCUT2D eigenvalue weighted by atomic mass is 10.0. The summed E-state index contributed by atoms with van der Waals surface area (Å²) >= 11 is 0. The molecule has 0 bridgehead atoms. The monoisotopic (exact) mass is 265 g/mol. The van der Waals surface area contributed by atoms with Gasteiger partial charge in [-0.2, -0.15) is 0 Å². The summed E-state index contributed by atoms with van der Waals surface area (Å²) in [5.74, 6) is -0.946. The molecule has 1 atom stereocenters. The van der Waals surface area contributed by atoms with Gasteiger partial charge in [-0.3, -0.25) is 4.79 Å². The molecule has 1 N–H and O–H groups in total. The number of nitrogens with zero attached hydrogens (tertiary/aromatic N) is 1. The van der Waals surface area contributed by atoms with Crippen LogP contribution in [0.2, 0.25) is 0 Å². The summed E-state index contributed by atoms with van der Waals surface area (Å²) in [7, 11) is 0. The van der Waals surface area contributed by atoms with Crippen molar-refractivity contribution < 1.29 is 14.6 Å². The Kier molecular flexibility index (Phi) is 7.15. The van der Waals surface area contributed by atoms with Gasteiger partial charge < -0.3 is 14.7 Å². The van der Waals surface area contributed by atoms with Crippen LogP contribution in [-0.4, -0.2) is 48.8 Å². The van der Waals surface area contributed by atoms with E-state index in [1.165, 1.54) is 0 Å². The highest BCUT2D eigenvalue weighted by Gasteiger charge is 2.21. The highest BCUT2D eigenvalue weighted by atomic mass is 16.5. The summed E-state index contributed by atoms with van der Waals surface area (Å²) in [5, 5.41) is 9.34. The van der Waals surface area contributed by atoms with E-state index in [2.05, 4.69) is 18.7 Å². The smallest absolute Gasteiger partial charge is 0.315 e. The van der Waals surface area contributed by atoms with E-state index in [0.717, 1.165) is 25.2 Å². The molecule has 0 saturated heterocycles. The summed E-state index contributed by atoms with van der Waals surface area (Å²) in [6, 6.07) is 9.23. The molecule has 4 heteroatoms. The number of esters is 1. The average molecular weight is 265 g/mol. The molecule has 0 saturated carbocycles. The standard InChI is InChI=1S/C15H23NO3/c1-3-16(4-2)10-11-19-15(18)14(12-17)13-8-6-5-7-9-13/h5-9,14,17H,3-4,10-12H2,1-2H3/t14-/m1/s1. The number of benzene rings is 1. The fourth-order valence-corrected chi connectivity index (χ4v) is 1.92. The Balaban J connectivity index is 2.47. The average Bonchev–Trinajstić information content (AvgIpc) is 2.45. The maximum Gasteiger partial charge on any atom is 0.315 e. The second-order valence-electron chi connectivity index (χ2n) is 4.34. The minimum absolute atomic E-state index is 0.228. The van der Waals surface area contributed by atoms with Crippen molar-refractivity contribution in [1.82, 2.24) is 4.90 Å². The van der Waals surface area contributed by atoms with Gasteiger partial charge in [-0.25, -0.2) is 0 Å². The summed E-state index contributed by atoms with van der Waals surface area (Å²) in [4.78, 5) is 14.1. The van der Waals surface area contributed by atoms with Gasteiger partial charge in [0.15, 0.2) is 0 Å². The van der Waals surface area contributed by atoms with Crippen LogP contribution in [0.25, 0.3) is 0 Å². The molecule has 0 radical (unpaired) electrons. The van der Waals surface area contributed by atoms with Crippen LogP contribution in [0, 0.1) is 0 Å². The maximum absolute atomic E-state index is 11.9. The summed E-state index contributed by atoms with van der Waals surface area (Å²) < 4.78 is 5.24. The third-order valence-corrected chi connectivity index (χ3v) is 3.22. The number of hydrogen-bond acceptors (Lipinski definition) is 4. The van der Waals surface area contributed by atoms with Crippen LogP contribution in [0.15, 0.2) is 30.3 Å². The van der Waals surface area contributed by atoms with Crippen molar-refractivity contribution in [2.75, 3.05) is 32.8 Å². The van der Waals surface area contributed by atoms with Gasteiger partial charge in [0.2, 0.25) is 0 Å². The van der Waals surface area contributed by atoms with Crippen molar-refractivity contribution in [2.24, 2.45) is 0 Å². The molecule has 0 aliphatic carbocycles. The molecule has 19 heavy (non-hydrogen) atoms. The van der Waals surface area contributed by atoms with Crippen molar-refractivity contribution in [3.05, 3.63) is 35.9 Å². The quantitative estimate of drug-likeness (QED) is 0.726. The lowest BCUT2D eigenvalue weighted by Crippen LogP contribution is -2.29. The lowest BCUT2D eigenvalue weighted by Gasteiger charge is -2.19. The van der Waals surface area contributed by atoms with E-state index in [1.54, 1.807) is 0 Å². The van der Waals surface area contributed by atoms with E-state index in [-0.39, 0.29) is 12.6 Å². The fraction of sp³-hybridized carbons (Fsp3) is 0.533. The van der Waals surface area contributed by atoms with Gasteiger partial charge in [0.25, 0.3) is 0 Å². The van der Waals surface area contributed by atoms with E-state index in [0.29, 0.717) is 6.61 Å². The number of likely N-dealkylation sites (N-methyl/N-ethyl adjacent to an activating group) is 1. The first kappa shape index (κ1) is 15.7. The minimum Gasteiger partial charge on any atom is -0.464 e. The number of aliphatic hydroxyl groups is 1. The molecule has 0 unspecified atom stereocenters. The Hall–Kier alpha value is -1.39. The van der Waals surface area contributed by atoms with Crippen LogP contribution in [0.1, 0.15) is 25.3 Å². The molecule has 1 rings (SSSR count). The van der Waals surface area contributed by atoms with Gasteiger partial charge in [-0.1, -0.05) is 44.2 Å². The van der Waals surface area contributed by atoms with E-state index in [9.17, 15) is 9.90 Å². The third kappa shape index (κ3) is 5.01. The summed E-state index contributed by atoms with van der Waals surface area (Å²) in [6.45, 7) is 6.90. The summed E-state index contributed by atoms with van der Waals surface area (Å²) in [5.41, 5.74) is 0.790. The molecule has 1 aromatic carbocycles. The molecular formula is C15H23NO3. The Labute approximate surface area is 115 Å². The minimum atomic E-state index is -0.585. The number of carbonyl (C=O) groups excluding carboxylic acids is 1. The molecule has 0 fully saturated rings. The Bertz CT molecular complexity index is 363. The number of rotatable bonds is 8. The highest BCUT2D eigenvalue weighted by Crippen LogP contribution is 2.16. The number of carbonyl (C=O) groups is 1. The zero-order valence-electron chi connectivity index (χ0n) is 11.7. The molecule has 0 amide bonds. The van der Waals surface area contributed by atoms with Gasteiger partial charge in [0.05, 0.1) is 6.61 Å². The summed E-state index contributed by atoms with van der Waals surface area (Å²) in [6.07, 6.45) is 0. The molecule has 1 aromatic rings. The topological polar surface area (TPSA) is 49.8 Å². The molecular weight excluding hydrogens is 242 g/mol. The van der Waals surface area contributed by atoms with Crippen LogP contribution < -0.4 is 0 Å². The van der Waals surface area contributed by atoms with Crippen LogP contribution in [0.3, 0.4) is 0 Å². The van der Waals surface area contributed by atoms with Gasteiger partial charge in [-0.05, 0) is 18.7 Å². The van der Waals surface area contributed by atoms with Crippen LogP contribution in [0.5, 0.6) is 0 Å². The van der Waals surface area contributed by atoms with Gasteiger partial charge in [-0.15, -0.1) is 0 Å². The van der Waals surface area contributed by atoms with Crippen LogP contribution in [-0.2, 0) is 9.53 Å². The molecule has 0 spiro atoms. The van der Waals surface area contributed by atoms with E-state index < -0.39 is 5.92 Å². The molecule has 0 heterocycles. The first-order valence-corrected chi connectivity index (χ1v) is 6.77. The zero-order valence-corrected chi connectivity index (χ0v) is 11.7. The molecule has 0 aliphatic heterocycles. The largest absolute Gasteiger partial charge is 0.464 e. The van der Waals surface area contributed by atoms with E-state index in [1.807, 2.05) is 30.3 Å². The van der Waals surface area contributed by atoms with Crippen molar-refractivity contribution in [2.45, 2.75) is 19.8 Å². The van der Waals surface area contributed by atoms with Crippen molar-refractivity contribution in [3.63, 3.8) is 0 Å². The fourth-order valence-electron chi connectivity index (χ4n) is 1.92. The SMILES string of the molecule is CCN(CC)CCOC(=O)[C@H](CO)c1ccccc1. The van der Waals surface area contributed by atoms with Gasteiger partial charge >= 0.3 is 5.97 Å². The molecule has 4 nitrogen and oxygen atoms in total. The number of ether oxygens (including phenoxy) is 1. The third-order valence-electron chi connectivity index (χ3n) is 3.22. The van der Waals surface area contributed by atoms with E-state index >= 15 is 0 Å². The normalized spacial score (nSPS) is 12.4. The predicted molar refractivity (Wildman–Crippen MR) is 75.0 cm³/mol. The van der Waals surface area contributed by atoms with Gasteiger partial charge in [0.1, 0.15) is 12.5 Å². The second kappa shape index (κ2) is 8.67. The highest BCUT2D eigenvalue weighted by molar-refractivity contribution is 5.78. The molecule has 0 aliphatic rings. The lowest BCUT2D eigenvalue weighted by molar-refractivity contribution is -0.146. The van der Waals surface area contributed by atoms with Crippen LogP contribution >= 0.6 is 0 Å². The first-order valence-electron chi connectivity index (χ1n) is 6.77. The molecule has 106 valence electrons. The second-order valence-corrected chi connectivity index (χ2v) is 4.34. The van der Waals surface area contributed by atoms with Crippen molar-refractivity contribution >= 4 is 5.97 Å². The Morgan fingerprint density at radius 2 is 1.89 bits per heavy atom. The Morgan fingerprint density at radius 3 is 2.42 bits per heavy atom. The Morgan fingerprint density at radius 1 is 1.26 bits per heavy atom. The first-order chi connectivity index (χ1) is 9.22. The number of hydrogen-bond donors (Lipinski definition) is 1. The van der Waals surface area contributed by atoms with Crippen LogP contribution in [0.4, 0.5) is 0 Å². The van der Waals surface area contributed by atoms with E-state index in [4.69, 9.17) is 4.74 Å². The predicted octanol–water partition coefficient (Wildman–Crippen LogP) is 1.65. The van der Waals surface area contributed by atoms with Crippen molar-refractivity contribution in [3.8, 4) is 0 Å². The zero-order chi connectivity index (χ0) is 14.1. The van der Waals surface area contributed by atoms with Gasteiger partial charge in [0, 0.05) is 6.54 Å². The molecule has 0 aromatic heterocycles. The van der Waals surface area contributed by atoms with Crippen molar-refractivity contribution in [1.29, 1.82) is 0 Å². The maximum atomic E-state index is 11.9.